The molecular formula is C14H13BrN2O. The van der Waals surface area contributed by atoms with Crippen molar-refractivity contribution < 1.29 is 4.79 Å². The summed E-state index contributed by atoms with van der Waals surface area (Å²) in [6, 6.07) is 11.5. The maximum Gasteiger partial charge on any atom is 0.152 e. The number of halogens is 1. The fourth-order valence-electron chi connectivity index (χ4n) is 1.79. The van der Waals surface area contributed by atoms with E-state index in [-0.39, 0.29) is 0 Å². The summed E-state index contributed by atoms with van der Waals surface area (Å²) in [5.74, 6) is 0. The van der Waals surface area contributed by atoms with Crippen LogP contribution in [0.5, 0.6) is 0 Å². The van der Waals surface area contributed by atoms with Gasteiger partial charge in [-0.3, -0.25) is 9.78 Å². The number of anilines is 1. The Kier molecular flexibility index (Phi) is 4.10. The van der Waals surface area contributed by atoms with Crippen LogP contribution in [-0.2, 0) is 6.54 Å². The van der Waals surface area contributed by atoms with Crippen LogP contribution in [0, 0.1) is 0 Å². The van der Waals surface area contributed by atoms with E-state index in [0.717, 1.165) is 22.1 Å². The SMILES string of the molecule is CN(Cc1ccccn1)c1ccc(Br)cc1C=O. The third-order valence-electron chi connectivity index (χ3n) is 2.65. The highest BCUT2D eigenvalue weighted by molar-refractivity contribution is 9.10. The van der Waals surface area contributed by atoms with Gasteiger partial charge >= 0.3 is 0 Å². The summed E-state index contributed by atoms with van der Waals surface area (Å²) in [5.41, 5.74) is 2.54. The third kappa shape index (κ3) is 2.96. The van der Waals surface area contributed by atoms with Crippen LogP contribution in [0.3, 0.4) is 0 Å². The van der Waals surface area contributed by atoms with Crippen LogP contribution in [0.1, 0.15) is 16.1 Å². The molecule has 3 nitrogen and oxygen atoms in total. The van der Waals surface area contributed by atoms with Gasteiger partial charge in [0.1, 0.15) is 0 Å². The monoisotopic (exact) mass is 304 g/mol. The number of rotatable bonds is 4. The molecule has 1 aromatic carbocycles. The van der Waals surface area contributed by atoms with Crippen molar-refractivity contribution >= 4 is 27.9 Å². The zero-order valence-electron chi connectivity index (χ0n) is 10.0. The lowest BCUT2D eigenvalue weighted by atomic mass is 10.1. The zero-order chi connectivity index (χ0) is 13.0. The Labute approximate surface area is 115 Å². The number of carbonyl (C=O) groups is 1. The lowest BCUT2D eigenvalue weighted by Crippen LogP contribution is -2.18. The van der Waals surface area contributed by atoms with E-state index >= 15 is 0 Å². The van der Waals surface area contributed by atoms with Gasteiger partial charge in [-0.1, -0.05) is 22.0 Å². The fourth-order valence-corrected chi connectivity index (χ4v) is 2.17. The first kappa shape index (κ1) is 12.8. The van der Waals surface area contributed by atoms with Crippen molar-refractivity contribution in [2.24, 2.45) is 0 Å². The second-order valence-corrected chi connectivity index (χ2v) is 4.91. The van der Waals surface area contributed by atoms with Gasteiger partial charge in [0.15, 0.2) is 6.29 Å². The van der Waals surface area contributed by atoms with E-state index in [9.17, 15) is 4.79 Å². The van der Waals surface area contributed by atoms with Crippen LogP contribution in [0.2, 0.25) is 0 Å². The van der Waals surface area contributed by atoms with Gasteiger partial charge < -0.3 is 4.90 Å². The minimum Gasteiger partial charge on any atom is -0.368 e. The highest BCUT2D eigenvalue weighted by atomic mass is 79.9. The van der Waals surface area contributed by atoms with E-state index in [4.69, 9.17) is 0 Å². The molecule has 0 aliphatic heterocycles. The Bertz CT molecular complexity index is 543. The summed E-state index contributed by atoms with van der Waals surface area (Å²) in [6.45, 7) is 0.670. The molecule has 0 atom stereocenters. The van der Waals surface area contributed by atoms with Gasteiger partial charge in [-0.15, -0.1) is 0 Å². The maximum atomic E-state index is 11.1. The van der Waals surface area contributed by atoms with Crippen LogP contribution in [0.15, 0.2) is 47.1 Å². The number of aromatic nitrogens is 1. The molecule has 0 bridgehead atoms. The standard InChI is InChI=1S/C14H13BrN2O/c1-17(9-13-4-2-3-7-16-13)14-6-5-12(15)8-11(14)10-18/h2-8,10H,9H2,1H3. The van der Waals surface area contributed by atoms with E-state index in [1.807, 2.05) is 48.3 Å². The average Bonchev–Trinajstić information content (AvgIpc) is 2.39. The molecule has 18 heavy (non-hydrogen) atoms. The molecule has 0 aliphatic rings. The normalized spacial score (nSPS) is 10.1. The minimum atomic E-state index is 0.669. The first-order valence-corrected chi connectivity index (χ1v) is 6.36. The van der Waals surface area contributed by atoms with Crippen molar-refractivity contribution in [3.63, 3.8) is 0 Å². The summed E-state index contributed by atoms with van der Waals surface area (Å²) in [6.07, 6.45) is 2.64. The van der Waals surface area contributed by atoms with Crippen molar-refractivity contribution in [3.05, 3.63) is 58.3 Å². The highest BCUT2D eigenvalue weighted by Crippen LogP contribution is 2.23. The van der Waals surface area contributed by atoms with E-state index in [1.54, 1.807) is 6.20 Å². The molecule has 2 aromatic rings. The number of aldehydes is 1. The second-order valence-electron chi connectivity index (χ2n) is 4.00. The van der Waals surface area contributed by atoms with Crippen LogP contribution >= 0.6 is 15.9 Å². The zero-order valence-corrected chi connectivity index (χ0v) is 11.6. The number of hydrogen-bond acceptors (Lipinski definition) is 3. The summed E-state index contributed by atoms with van der Waals surface area (Å²) in [5, 5.41) is 0. The van der Waals surface area contributed by atoms with Gasteiger partial charge in [0.05, 0.1) is 12.2 Å². The molecular weight excluding hydrogens is 292 g/mol. The van der Waals surface area contributed by atoms with Gasteiger partial charge in [0.2, 0.25) is 0 Å². The Balaban J connectivity index is 2.23. The first-order valence-electron chi connectivity index (χ1n) is 5.56. The molecule has 92 valence electrons. The summed E-state index contributed by atoms with van der Waals surface area (Å²) < 4.78 is 0.902. The maximum absolute atomic E-state index is 11.1. The molecule has 0 unspecified atom stereocenters. The lowest BCUT2D eigenvalue weighted by molar-refractivity contribution is 0.112. The Hall–Kier alpha value is -1.68. The number of pyridine rings is 1. The van der Waals surface area contributed by atoms with Gasteiger partial charge in [-0.2, -0.15) is 0 Å². The molecule has 2 rings (SSSR count). The molecule has 0 aliphatic carbocycles. The molecule has 0 saturated heterocycles. The van der Waals surface area contributed by atoms with Crippen molar-refractivity contribution in [1.29, 1.82) is 0 Å². The summed E-state index contributed by atoms with van der Waals surface area (Å²) >= 11 is 3.36. The van der Waals surface area contributed by atoms with E-state index in [2.05, 4.69) is 20.9 Å². The Morgan fingerprint density at radius 2 is 2.17 bits per heavy atom. The fraction of sp³-hybridized carbons (Fsp3) is 0.143. The predicted octanol–water partition coefficient (Wildman–Crippen LogP) is 3.29. The van der Waals surface area contributed by atoms with E-state index < -0.39 is 0 Å². The molecule has 0 saturated carbocycles. The predicted molar refractivity (Wildman–Crippen MR) is 75.9 cm³/mol. The first-order chi connectivity index (χ1) is 8.70. The number of hydrogen-bond donors (Lipinski definition) is 0. The molecule has 0 amide bonds. The number of carbonyl (C=O) groups excluding carboxylic acids is 1. The topological polar surface area (TPSA) is 33.2 Å². The van der Waals surface area contributed by atoms with Crippen molar-refractivity contribution in [3.8, 4) is 0 Å². The smallest absolute Gasteiger partial charge is 0.152 e. The van der Waals surface area contributed by atoms with Crippen LogP contribution in [0.4, 0.5) is 5.69 Å². The van der Waals surface area contributed by atoms with Gasteiger partial charge in [0, 0.05) is 29.0 Å². The highest BCUT2D eigenvalue weighted by Gasteiger charge is 2.08. The van der Waals surface area contributed by atoms with Crippen molar-refractivity contribution in [2.75, 3.05) is 11.9 Å². The number of benzene rings is 1. The van der Waals surface area contributed by atoms with Crippen molar-refractivity contribution in [1.82, 2.24) is 4.98 Å². The molecule has 1 heterocycles. The lowest BCUT2D eigenvalue weighted by Gasteiger charge is -2.20. The van der Waals surface area contributed by atoms with Gasteiger partial charge in [0.25, 0.3) is 0 Å². The second kappa shape index (κ2) is 5.78. The Morgan fingerprint density at radius 1 is 1.33 bits per heavy atom. The molecule has 0 fully saturated rings. The van der Waals surface area contributed by atoms with E-state index in [0.29, 0.717) is 12.1 Å². The molecule has 1 aromatic heterocycles. The van der Waals surface area contributed by atoms with Crippen molar-refractivity contribution in [2.45, 2.75) is 6.54 Å². The minimum absolute atomic E-state index is 0.669. The Morgan fingerprint density at radius 3 is 2.83 bits per heavy atom. The largest absolute Gasteiger partial charge is 0.368 e. The quantitative estimate of drug-likeness (QED) is 0.813. The van der Waals surface area contributed by atoms with Gasteiger partial charge in [-0.05, 0) is 30.3 Å². The molecule has 0 radical (unpaired) electrons. The molecule has 0 N–H and O–H groups in total. The molecule has 4 heteroatoms. The molecule has 0 spiro atoms. The van der Waals surface area contributed by atoms with Crippen LogP contribution in [-0.4, -0.2) is 18.3 Å². The number of nitrogens with zero attached hydrogens (tertiary/aromatic N) is 2. The van der Waals surface area contributed by atoms with Crippen LogP contribution < -0.4 is 4.90 Å². The third-order valence-corrected chi connectivity index (χ3v) is 3.15. The summed E-state index contributed by atoms with van der Waals surface area (Å²) in [4.78, 5) is 17.4. The van der Waals surface area contributed by atoms with E-state index in [1.165, 1.54) is 0 Å². The van der Waals surface area contributed by atoms with Gasteiger partial charge in [-0.25, -0.2) is 0 Å². The average molecular weight is 305 g/mol. The summed E-state index contributed by atoms with van der Waals surface area (Å²) in [7, 11) is 1.95. The van der Waals surface area contributed by atoms with Crippen LogP contribution in [0.25, 0.3) is 0 Å².